The van der Waals surface area contributed by atoms with Gasteiger partial charge in [-0.15, -0.1) is 0 Å². The fourth-order valence-corrected chi connectivity index (χ4v) is 2.43. The van der Waals surface area contributed by atoms with Crippen molar-refractivity contribution in [3.63, 3.8) is 0 Å². The summed E-state index contributed by atoms with van der Waals surface area (Å²) in [6, 6.07) is 4.00. The number of ether oxygens (including phenoxy) is 1. The summed E-state index contributed by atoms with van der Waals surface area (Å²) in [7, 11) is -1.90. The van der Waals surface area contributed by atoms with Crippen LogP contribution in [0.5, 0.6) is 0 Å². The zero-order valence-electron chi connectivity index (χ0n) is 10.8. The summed E-state index contributed by atoms with van der Waals surface area (Å²) in [6.07, 6.45) is 1.77. The van der Waals surface area contributed by atoms with Gasteiger partial charge in [-0.2, -0.15) is 0 Å². The molecule has 6 nitrogen and oxygen atoms in total. The first-order valence-corrected chi connectivity index (χ1v) is 7.55. The second-order valence-corrected chi connectivity index (χ2v) is 6.05. The fourth-order valence-electron chi connectivity index (χ4n) is 1.55. The van der Waals surface area contributed by atoms with Crippen LogP contribution in [-0.2, 0) is 14.6 Å². The van der Waals surface area contributed by atoms with E-state index in [-0.39, 0.29) is 10.5 Å². The molecule has 19 heavy (non-hydrogen) atoms. The second-order valence-electron chi connectivity index (χ2n) is 4.06. The third-order valence-electron chi connectivity index (χ3n) is 2.47. The number of carboxylic acid groups (broad SMARTS) is 1. The molecule has 0 radical (unpaired) electrons. The molecule has 0 heterocycles. The predicted molar refractivity (Wildman–Crippen MR) is 71.5 cm³/mol. The number of anilines is 1. The van der Waals surface area contributed by atoms with E-state index in [0.717, 1.165) is 18.7 Å². The summed E-state index contributed by atoms with van der Waals surface area (Å²) in [5.41, 5.74) is 0.353. The lowest BCUT2D eigenvalue weighted by Crippen LogP contribution is -2.10. The van der Waals surface area contributed by atoms with Gasteiger partial charge in [0.1, 0.15) is 0 Å². The maximum atomic E-state index is 11.7. The Bertz CT molecular complexity index is 553. The highest BCUT2D eigenvalue weighted by atomic mass is 32.2. The molecule has 1 aromatic rings. The van der Waals surface area contributed by atoms with Gasteiger partial charge in [0.15, 0.2) is 9.84 Å². The Morgan fingerprint density at radius 1 is 1.42 bits per heavy atom. The summed E-state index contributed by atoms with van der Waals surface area (Å²) in [5.74, 6) is -1.16. The minimum atomic E-state index is -3.49. The van der Waals surface area contributed by atoms with E-state index in [9.17, 15) is 13.2 Å². The molecule has 1 rings (SSSR count). The normalized spacial score (nSPS) is 11.3. The molecule has 7 heteroatoms. The number of carbonyl (C=O) groups is 1. The van der Waals surface area contributed by atoms with E-state index in [4.69, 9.17) is 9.84 Å². The van der Waals surface area contributed by atoms with E-state index in [1.165, 1.54) is 12.1 Å². The minimum absolute atomic E-state index is 0.00943. The number of aromatic carboxylic acids is 1. The first-order valence-electron chi connectivity index (χ1n) is 5.66. The molecule has 0 saturated carbocycles. The van der Waals surface area contributed by atoms with Crippen molar-refractivity contribution in [1.82, 2.24) is 0 Å². The Kier molecular flexibility index (Phi) is 5.31. The smallest absolute Gasteiger partial charge is 0.335 e. The molecule has 0 bridgehead atoms. The lowest BCUT2D eigenvalue weighted by atomic mass is 10.2. The van der Waals surface area contributed by atoms with Crippen molar-refractivity contribution >= 4 is 21.5 Å². The van der Waals surface area contributed by atoms with Crippen molar-refractivity contribution in [2.45, 2.75) is 11.3 Å². The van der Waals surface area contributed by atoms with Crippen molar-refractivity contribution in [1.29, 1.82) is 0 Å². The number of sulfone groups is 1. The Morgan fingerprint density at radius 2 is 2.11 bits per heavy atom. The van der Waals surface area contributed by atoms with Gasteiger partial charge in [-0.05, 0) is 24.6 Å². The van der Waals surface area contributed by atoms with Crippen LogP contribution in [0, 0.1) is 0 Å². The van der Waals surface area contributed by atoms with Crippen molar-refractivity contribution in [2.75, 3.05) is 31.8 Å². The maximum Gasteiger partial charge on any atom is 0.335 e. The Labute approximate surface area is 112 Å². The van der Waals surface area contributed by atoms with Crippen LogP contribution < -0.4 is 5.32 Å². The molecule has 0 fully saturated rings. The molecule has 1 aromatic carbocycles. The highest BCUT2D eigenvalue weighted by Gasteiger charge is 2.16. The van der Waals surface area contributed by atoms with E-state index in [1.54, 1.807) is 7.11 Å². The van der Waals surface area contributed by atoms with E-state index in [2.05, 4.69) is 5.32 Å². The van der Waals surface area contributed by atoms with Crippen LogP contribution >= 0.6 is 0 Å². The number of carboxylic acids is 1. The molecular formula is C12H17NO5S. The molecule has 0 amide bonds. The Morgan fingerprint density at radius 3 is 2.63 bits per heavy atom. The molecule has 0 unspecified atom stereocenters. The van der Waals surface area contributed by atoms with Crippen LogP contribution in [0.3, 0.4) is 0 Å². The lowest BCUT2D eigenvalue weighted by Gasteiger charge is -2.11. The zero-order chi connectivity index (χ0) is 14.5. The second kappa shape index (κ2) is 6.53. The van der Waals surface area contributed by atoms with Gasteiger partial charge >= 0.3 is 5.97 Å². The SMILES string of the molecule is COCCCNc1ccc(C(=O)O)cc1S(C)(=O)=O. The standard InChI is InChI=1S/C12H17NO5S/c1-18-7-3-6-13-10-5-4-9(12(14)15)8-11(10)19(2,16)17/h4-5,8,13H,3,6-7H2,1-2H3,(H,14,15). The van der Waals surface area contributed by atoms with E-state index in [0.29, 0.717) is 18.8 Å². The van der Waals surface area contributed by atoms with Crippen LogP contribution in [0.2, 0.25) is 0 Å². The third kappa shape index (κ3) is 4.53. The van der Waals surface area contributed by atoms with Crippen LogP contribution in [0.25, 0.3) is 0 Å². The number of rotatable bonds is 7. The molecular weight excluding hydrogens is 270 g/mol. The highest BCUT2D eigenvalue weighted by Crippen LogP contribution is 2.23. The van der Waals surface area contributed by atoms with Gasteiger partial charge in [-0.1, -0.05) is 0 Å². The first kappa shape index (κ1) is 15.5. The summed E-state index contributed by atoms with van der Waals surface area (Å²) in [4.78, 5) is 10.8. The van der Waals surface area contributed by atoms with Gasteiger partial charge in [-0.3, -0.25) is 0 Å². The minimum Gasteiger partial charge on any atom is -0.478 e. The molecule has 0 aliphatic carbocycles. The lowest BCUT2D eigenvalue weighted by molar-refractivity contribution is 0.0696. The molecule has 0 aliphatic heterocycles. The zero-order valence-corrected chi connectivity index (χ0v) is 11.7. The third-order valence-corrected chi connectivity index (χ3v) is 3.61. The Hall–Kier alpha value is -1.60. The largest absolute Gasteiger partial charge is 0.478 e. The Balaban J connectivity index is 3.00. The van der Waals surface area contributed by atoms with Crippen LogP contribution in [0.15, 0.2) is 23.1 Å². The van der Waals surface area contributed by atoms with Crippen molar-refractivity contribution in [3.05, 3.63) is 23.8 Å². The van der Waals surface area contributed by atoms with Gasteiger partial charge in [0.05, 0.1) is 16.1 Å². The number of hydrogen-bond donors (Lipinski definition) is 2. The fraction of sp³-hybridized carbons (Fsp3) is 0.417. The molecule has 2 N–H and O–H groups in total. The maximum absolute atomic E-state index is 11.7. The van der Waals surface area contributed by atoms with Crippen molar-refractivity contribution in [2.24, 2.45) is 0 Å². The molecule has 0 spiro atoms. The summed E-state index contributed by atoms with van der Waals surface area (Å²) < 4.78 is 28.2. The number of hydrogen-bond acceptors (Lipinski definition) is 5. The van der Waals surface area contributed by atoms with Gasteiger partial charge in [0, 0.05) is 26.5 Å². The average Bonchev–Trinajstić information content (AvgIpc) is 2.33. The van der Waals surface area contributed by atoms with Crippen molar-refractivity contribution < 1.29 is 23.1 Å². The molecule has 0 saturated heterocycles. The predicted octanol–water partition coefficient (Wildman–Crippen LogP) is 1.24. The van der Waals surface area contributed by atoms with Crippen LogP contribution in [-0.4, -0.2) is 46.0 Å². The van der Waals surface area contributed by atoms with Crippen LogP contribution in [0.1, 0.15) is 16.8 Å². The van der Waals surface area contributed by atoms with Crippen molar-refractivity contribution in [3.8, 4) is 0 Å². The van der Waals surface area contributed by atoms with Gasteiger partial charge in [0.2, 0.25) is 0 Å². The van der Waals surface area contributed by atoms with E-state index < -0.39 is 15.8 Å². The van der Waals surface area contributed by atoms with Gasteiger partial charge in [-0.25, -0.2) is 13.2 Å². The van der Waals surface area contributed by atoms with E-state index >= 15 is 0 Å². The van der Waals surface area contributed by atoms with E-state index in [1.807, 2.05) is 0 Å². The molecule has 0 aromatic heterocycles. The van der Waals surface area contributed by atoms with Gasteiger partial charge in [0.25, 0.3) is 0 Å². The molecule has 0 atom stereocenters. The van der Waals surface area contributed by atoms with Crippen LogP contribution in [0.4, 0.5) is 5.69 Å². The molecule has 106 valence electrons. The quantitative estimate of drug-likeness (QED) is 0.733. The van der Waals surface area contributed by atoms with Gasteiger partial charge < -0.3 is 15.2 Å². The highest BCUT2D eigenvalue weighted by molar-refractivity contribution is 7.90. The first-order chi connectivity index (χ1) is 8.86. The monoisotopic (exact) mass is 287 g/mol. The summed E-state index contributed by atoms with van der Waals surface area (Å²) in [5, 5.41) is 11.8. The number of benzene rings is 1. The number of nitrogens with one attached hydrogen (secondary N) is 1. The summed E-state index contributed by atoms with van der Waals surface area (Å²) >= 11 is 0. The summed E-state index contributed by atoms with van der Waals surface area (Å²) in [6.45, 7) is 1.11. The average molecular weight is 287 g/mol. The topological polar surface area (TPSA) is 92.7 Å². The number of methoxy groups -OCH3 is 1. The molecule has 0 aliphatic rings.